The van der Waals surface area contributed by atoms with Gasteiger partial charge < -0.3 is 4.74 Å². The molecule has 0 amide bonds. The number of ether oxygens (including phenoxy) is 1. The Kier molecular flexibility index (Phi) is 4.03. The zero-order chi connectivity index (χ0) is 11.2. The van der Waals surface area contributed by atoms with Gasteiger partial charge in [-0.05, 0) is 34.7 Å². The molecule has 4 nitrogen and oxygen atoms in total. The third kappa shape index (κ3) is 3.13. The molecule has 0 fully saturated rings. The largest absolute Gasteiger partial charge is 0.476 e. The molecule has 0 N–H and O–H groups in total. The second-order valence-corrected chi connectivity index (χ2v) is 4.26. The normalized spacial score (nSPS) is 10.1. The number of hydrogen-bond acceptors (Lipinski definition) is 4. The van der Waals surface area contributed by atoms with E-state index < -0.39 is 0 Å². The van der Waals surface area contributed by atoms with Crippen LogP contribution in [0.25, 0.3) is 0 Å². The van der Waals surface area contributed by atoms with Crippen LogP contribution in [0.1, 0.15) is 5.69 Å². The Morgan fingerprint density at radius 3 is 2.94 bits per heavy atom. The van der Waals surface area contributed by atoms with Crippen LogP contribution in [-0.4, -0.2) is 21.6 Å². The Hall–Kier alpha value is -1.24. The van der Waals surface area contributed by atoms with Crippen LogP contribution in [-0.2, 0) is 6.42 Å². The van der Waals surface area contributed by atoms with Crippen molar-refractivity contribution in [3.8, 4) is 5.88 Å². The van der Waals surface area contributed by atoms with Crippen molar-refractivity contribution in [1.29, 1.82) is 0 Å². The number of rotatable bonds is 4. The van der Waals surface area contributed by atoms with Crippen molar-refractivity contribution in [3.63, 3.8) is 0 Å². The highest BCUT2D eigenvalue weighted by atomic mass is 127. The summed E-state index contributed by atoms with van der Waals surface area (Å²) >= 11 is 2.15. The number of nitrogens with zero attached hydrogens (tertiary/aromatic N) is 3. The van der Waals surface area contributed by atoms with Crippen LogP contribution >= 0.6 is 22.6 Å². The Morgan fingerprint density at radius 2 is 2.19 bits per heavy atom. The highest BCUT2D eigenvalue weighted by Gasteiger charge is 2.01. The van der Waals surface area contributed by atoms with Crippen LogP contribution in [0, 0.1) is 3.57 Å². The molecule has 0 unspecified atom stereocenters. The fourth-order valence-electron chi connectivity index (χ4n) is 1.21. The Labute approximate surface area is 107 Å². The quantitative estimate of drug-likeness (QED) is 0.807. The highest BCUT2D eigenvalue weighted by Crippen LogP contribution is 2.15. The summed E-state index contributed by atoms with van der Waals surface area (Å²) < 4.78 is 6.46. The summed E-state index contributed by atoms with van der Waals surface area (Å²) in [5.74, 6) is 0.631. The molecule has 0 saturated carbocycles. The van der Waals surface area contributed by atoms with Gasteiger partial charge in [0.25, 0.3) is 0 Å². The third-order valence-corrected chi connectivity index (χ3v) is 2.70. The molecule has 2 heterocycles. The van der Waals surface area contributed by atoms with Gasteiger partial charge in [0.15, 0.2) is 0 Å². The van der Waals surface area contributed by atoms with Crippen LogP contribution in [0.4, 0.5) is 0 Å². The zero-order valence-electron chi connectivity index (χ0n) is 8.51. The highest BCUT2D eigenvalue weighted by molar-refractivity contribution is 14.1. The van der Waals surface area contributed by atoms with E-state index in [-0.39, 0.29) is 0 Å². The predicted molar refractivity (Wildman–Crippen MR) is 68.2 cm³/mol. The maximum absolute atomic E-state index is 5.54. The molecule has 5 heteroatoms. The first-order chi connectivity index (χ1) is 7.86. The Bertz CT molecular complexity index is 450. The summed E-state index contributed by atoms with van der Waals surface area (Å²) in [4.78, 5) is 12.2. The van der Waals surface area contributed by atoms with Crippen molar-refractivity contribution in [2.24, 2.45) is 0 Å². The van der Waals surface area contributed by atoms with E-state index in [1.54, 1.807) is 12.4 Å². The van der Waals surface area contributed by atoms with Crippen molar-refractivity contribution in [2.45, 2.75) is 6.42 Å². The third-order valence-electron chi connectivity index (χ3n) is 1.96. The molecule has 0 aliphatic heterocycles. The minimum atomic E-state index is 0.573. The van der Waals surface area contributed by atoms with E-state index in [1.807, 2.05) is 18.2 Å². The van der Waals surface area contributed by atoms with Gasteiger partial charge in [-0.2, -0.15) is 0 Å². The first kappa shape index (κ1) is 11.3. The standard InChI is InChI=1S/C11H10IN3O/c12-10-7-13-8-15-11(10)16-6-4-9-3-1-2-5-14-9/h1-3,5,7-8H,4,6H2. The number of pyridine rings is 1. The minimum absolute atomic E-state index is 0.573. The molecule has 0 saturated heterocycles. The van der Waals surface area contributed by atoms with Gasteiger partial charge >= 0.3 is 0 Å². The van der Waals surface area contributed by atoms with E-state index >= 15 is 0 Å². The maximum Gasteiger partial charge on any atom is 0.230 e. The molecule has 82 valence electrons. The molecular formula is C11H10IN3O. The molecule has 0 spiro atoms. The Balaban J connectivity index is 1.87. The summed E-state index contributed by atoms with van der Waals surface area (Å²) in [7, 11) is 0. The summed E-state index contributed by atoms with van der Waals surface area (Å²) in [5, 5.41) is 0. The zero-order valence-corrected chi connectivity index (χ0v) is 10.7. The van der Waals surface area contributed by atoms with Crippen LogP contribution < -0.4 is 4.74 Å². The summed E-state index contributed by atoms with van der Waals surface area (Å²) in [5.41, 5.74) is 1.02. The molecule has 0 aliphatic rings. The average Bonchev–Trinajstić information content (AvgIpc) is 2.33. The number of halogens is 1. The predicted octanol–water partition coefficient (Wildman–Crippen LogP) is 2.10. The smallest absolute Gasteiger partial charge is 0.230 e. The van der Waals surface area contributed by atoms with Crippen LogP contribution in [0.15, 0.2) is 36.9 Å². The number of aromatic nitrogens is 3. The van der Waals surface area contributed by atoms with Crippen molar-refractivity contribution >= 4 is 22.6 Å². The van der Waals surface area contributed by atoms with Gasteiger partial charge in [-0.15, -0.1) is 0 Å². The minimum Gasteiger partial charge on any atom is -0.476 e. The van der Waals surface area contributed by atoms with E-state index in [0.717, 1.165) is 15.7 Å². The fourth-order valence-corrected chi connectivity index (χ4v) is 1.66. The van der Waals surface area contributed by atoms with Gasteiger partial charge in [-0.25, -0.2) is 9.97 Å². The van der Waals surface area contributed by atoms with Gasteiger partial charge in [0.05, 0.1) is 10.2 Å². The molecule has 0 atom stereocenters. The van der Waals surface area contributed by atoms with E-state index in [2.05, 4.69) is 37.5 Å². The molecular weight excluding hydrogens is 317 g/mol. The fraction of sp³-hybridized carbons (Fsp3) is 0.182. The summed E-state index contributed by atoms with van der Waals surface area (Å²) in [6, 6.07) is 5.85. The molecule has 0 aromatic carbocycles. The lowest BCUT2D eigenvalue weighted by Gasteiger charge is -2.05. The van der Waals surface area contributed by atoms with Gasteiger partial charge in [-0.1, -0.05) is 6.07 Å². The second-order valence-electron chi connectivity index (χ2n) is 3.10. The van der Waals surface area contributed by atoms with E-state index in [0.29, 0.717) is 12.5 Å². The van der Waals surface area contributed by atoms with E-state index in [4.69, 9.17) is 4.74 Å². The van der Waals surface area contributed by atoms with Crippen molar-refractivity contribution in [3.05, 3.63) is 46.2 Å². The van der Waals surface area contributed by atoms with Crippen molar-refractivity contribution in [2.75, 3.05) is 6.61 Å². The lowest BCUT2D eigenvalue weighted by molar-refractivity contribution is 0.305. The van der Waals surface area contributed by atoms with E-state index in [9.17, 15) is 0 Å². The van der Waals surface area contributed by atoms with Crippen molar-refractivity contribution < 1.29 is 4.74 Å². The molecule has 2 aromatic heterocycles. The summed E-state index contributed by atoms with van der Waals surface area (Å²) in [6.07, 6.45) is 5.77. The summed E-state index contributed by atoms with van der Waals surface area (Å²) in [6.45, 7) is 0.573. The Morgan fingerprint density at radius 1 is 1.25 bits per heavy atom. The van der Waals surface area contributed by atoms with Gasteiger partial charge in [0.2, 0.25) is 5.88 Å². The van der Waals surface area contributed by atoms with Gasteiger partial charge in [0, 0.05) is 24.5 Å². The van der Waals surface area contributed by atoms with Crippen LogP contribution in [0.5, 0.6) is 5.88 Å². The van der Waals surface area contributed by atoms with E-state index in [1.165, 1.54) is 6.33 Å². The maximum atomic E-state index is 5.54. The molecule has 0 radical (unpaired) electrons. The molecule has 0 bridgehead atoms. The monoisotopic (exact) mass is 327 g/mol. The van der Waals surface area contributed by atoms with Crippen molar-refractivity contribution in [1.82, 2.24) is 15.0 Å². The lowest BCUT2D eigenvalue weighted by atomic mass is 10.3. The molecule has 16 heavy (non-hydrogen) atoms. The SMILES string of the molecule is Ic1cncnc1OCCc1ccccn1. The van der Waals surface area contributed by atoms with Gasteiger partial charge in [-0.3, -0.25) is 4.98 Å². The van der Waals surface area contributed by atoms with Crippen LogP contribution in [0.3, 0.4) is 0 Å². The molecule has 2 aromatic rings. The first-order valence-electron chi connectivity index (χ1n) is 4.84. The van der Waals surface area contributed by atoms with Gasteiger partial charge in [0.1, 0.15) is 6.33 Å². The average molecular weight is 327 g/mol. The second kappa shape index (κ2) is 5.74. The topological polar surface area (TPSA) is 47.9 Å². The first-order valence-corrected chi connectivity index (χ1v) is 5.92. The number of hydrogen-bond donors (Lipinski definition) is 0. The van der Waals surface area contributed by atoms with Crippen LogP contribution in [0.2, 0.25) is 0 Å². The lowest BCUT2D eigenvalue weighted by Crippen LogP contribution is -2.05. The molecule has 0 aliphatic carbocycles. The molecule has 2 rings (SSSR count).